The smallest absolute Gasteiger partial charge is 0.258 e. The Balaban J connectivity index is 1.91. The number of aromatic nitrogens is 2. The lowest BCUT2D eigenvalue weighted by Gasteiger charge is -2.19. The van der Waals surface area contributed by atoms with Crippen LogP contribution in [0.3, 0.4) is 0 Å². The highest BCUT2D eigenvalue weighted by molar-refractivity contribution is 7.98. The maximum absolute atomic E-state index is 5.41. The maximum Gasteiger partial charge on any atom is 0.258 e. The molecule has 1 N–H and O–H groups in total. The first-order chi connectivity index (χ1) is 9.38. The second kappa shape index (κ2) is 5.65. The van der Waals surface area contributed by atoms with Crippen LogP contribution in [0, 0.1) is 0 Å². The molecule has 2 heterocycles. The summed E-state index contributed by atoms with van der Waals surface area (Å²) in [4.78, 5) is 4.50. The Morgan fingerprint density at radius 1 is 1.42 bits per heavy atom. The second-order valence-electron chi connectivity index (χ2n) is 4.51. The Morgan fingerprint density at radius 2 is 2.37 bits per heavy atom. The first-order valence-corrected chi connectivity index (χ1v) is 7.80. The minimum atomic E-state index is 0.646. The van der Waals surface area contributed by atoms with Gasteiger partial charge in [0, 0.05) is 17.8 Å². The van der Waals surface area contributed by atoms with Crippen molar-refractivity contribution in [3.8, 4) is 11.5 Å². The third-order valence-corrected chi connectivity index (χ3v) is 4.10. The van der Waals surface area contributed by atoms with Crippen molar-refractivity contribution in [3.63, 3.8) is 0 Å². The van der Waals surface area contributed by atoms with Crippen LogP contribution in [0.4, 0.5) is 5.69 Å². The fraction of sp³-hybridized carbons (Fsp3) is 0.429. The highest BCUT2D eigenvalue weighted by Crippen LogP contribution is 2.31. The van der Waals surface area contributed by atoms with Gasteiger partial charge in [-0.1, -0.05) is 18.1 Å². The van der Waals surface area contributed by atoms with Crippen LogP contribution in [0.2, 0.25) is 0 Å². The molecule has 1 aromatic carbocycles. The normalized spacial score (nSPS) is 13.9. The van der Waals surface area contributed by atoms with Gasteiger partial charge in [0.05, 0.1) is 5.75 Å². The predicted molar refractivity (Wildman–Crippen MR) is 78.4 cm³/mol. The van der Waals surface area contributed by atoms with Crippen molar-refractivity contribution >= 4 is 17.4 Å². The molecule has 0 bridgehead atoms. The summed E-state index contributed by atoms with van der Waals surface area (Å²) in [6.45, 7) is 3.17. The second-order valence-corrected chi connectivity index (χ2v) is 5.79. The van der Waals surface area contributed by atoms with Crippen molar-refractivity contribution < 1.29 is 4.52 Å². The van der Waals surface area contributed by atoms with Crippen LogP contribution in [0.25, 0.3) is 11.5 Å². The molecule has 4 nitrogen and oxygen atoms in total. The van der Waals surface area contributed by atoms with Gasteiger partial charge in [0.15, 0.2) is 5.82 Å². The maximum atomic E-state index is 5.41. The lowest BCUT2D eigenvalue weighted by Crippen LogP contribution is -2.12. The molecule has 2 aromatic rings. The Morgan fingerprint density at radius 3 is 3.26 bits per heavy atom. The van der Waals surface area contributed by atoms with Crippen molar-refractivity contribution in [2.45, 2.75) is 25.5 Å². The van der Waals surface area contributed by atoms with E-state index in [4.69, 9.17) is 4.52 Å². The van der Waals surface area contributed by atoms with Gasteiger partial charge >= 0.3 is 0 Å². The van der Waals surface area contributed by atoms with E-state index in [1.807, 2.05) is 6.07 Å². The average Bonchev–Trinajstić information content (AvgIpc) is 2.93. The summed E-state index contributed by atoms with van der Waals surface area (Å²) in [7, 11) is 0. The van der Waals surface area contributed by atoms with Crippen LogP contribution in [-0.2, 0) is 12.2 Å². The lowest BCUT2D eigenvalue weighted by molar-refractivity contribution is 0.424. The zero-order valence-corrected chi connectivity index (χ0v) is 11.8. The Hall–Kier alpha value is -1.49. The average molecular weight is 275 g/mol. The summed E-state index contributed by atoms with van der Waals surface area (Å²) in [6, 6.07) is 6.22. The molecule has 0 saturated carbocycles. The number of benzene rings is 1. The summed E-state index contributed by atoms with van der Waals surface area (Å²) in [5.74, 6) is 3.30. The van der Waals surface area contributed by atoms with Gasteiger partial charge < -0.3 is 9.84 Å². The molecule has 0 aliphatic carbocycles. The van der Waals surface area contributed by atoms with Crippen LogP contribution in [-0.4, -0.2) is 22.4 Å². The van der Waals surface area contributed by atoms with Crippen LogP contribution in [0.5, 0.6) is 0 Å². The minimum Gasteiger partial charge on any atom is -0.385 e. The molecule has 0 fully saturated rings. The predicted octanol–water partition coefficient (Wildman–Crippen LogP) is 3.35. The molecule has 100 valence electrons. The van der Waals surface area contributed by atoms with E-state index in [1.54, 1.807) is 11.8 Å². The van der Waals surface area contributed by atoms with E-state index in [2.05, 4.69) is 34.5 Å². The lowest BCUT2D eigenvalue weighted by atomic mass is 9.97. The molecular weight excluding hydrogens is 258 g/mol. The van der Waals surface area contributed by atoms with Gasteiger partial charge in [-0.15, -0.1) is 0 Å². The summed E-state index contributed by atoms with van der Waals surface area (Å²) < 4.78 is 5.41. The molecule has 0 amide bonds. The van der Waals surface area contributed by atoms with E-state index in [0.717, 1.165) is 42.3 Å². The van der Waals surface area contributed by atoms with Crippen LogP contribution >= 0.6 is 11.8 Å². The van der Waals surface area contributed by atoms with Crippen molar-refractivity contribution in [3.05, 3.63) is 29.6 Å². The quantitative estimate of drug-likeness (QED) is 0.927. The molecule has 5 heteroatoms. The zero-order valence-electron chi connectivity index (χ0n) is 11.0. The van der Waals surface area contributed by atoms with Crippen LogP contribution in [0.15, 0.2) is 22.7 Å². The number of rotatable bonds is 4. The van der Waals surface area contributed by atoms with Crippen LogP contribution in [0.1, 0.15) is 24.7 Å². The Kier molecular flexibility index (Phi) is 3.73. The summed E-state index contributed by atoms with van der Waals surface area (Å²) in [5.41, 5.74) is 3.57. The fourth-order valence-electron chi connectivity index (χ4n) is 2.33. The number of nitrogens with one attached hydrogen (secondary N) is 1. The number of thioether (sulfide) groups is 1. The Labute approximate surface area is 117 Å². The molecule has 0 radical (unpaired) electrons. The third kappa shape index (κ3) is 2.61. The highest BCUT2D eigenvalue weighted by atomic mass is 32.2. The molecule has 1 aromatic heterocycles. The van der Waals surface area contributed by atoms with Gasteiger partial charge in [0.1, 0.15) is 0 Å². The molecule has 19 heavy (non-hydrogen) atoms. The van der Waals surface area contributed by atoms with E-state index in [0.29, 0.717) is 5.89 Å². The molecule has 0 saturated heterocycles. The summed E-state index contributed by atoms with van der Waals surface area (Å²) in [5, 5.41) is 7.47. The standard InChI is InChI=1S/C14H17N3OS/c1-2-19-9-13-16-14(18-17-13)11-5-3-7-12-10(11)6-4-8-15-12/h3,5,7,15H,2,4,6,8-9H2,1H3. The molecule has 1 aliphatic rings. The number of anilines is 1. The number of nitrogens with zero attached hydrogens (tertiary/aromatic N) is 2. The van der Waals surface area contributed by atoms with Crippen molar-refractivity contribution in [1.29, 1.82) is 0 Å². The van der Waals surface area contributed by atoms with Crippen molar-refractivity contribution in [1.82, 2.24) is 10.1 Å². The summed E-state index contributed by atoms with van der Waals surface area (Å²) >= 11 is 1.80. The third-order valence-electron chi connectivity index (χ3n) is 3.23. The van der Waals surface area contributed by atoms with E-state index in [-0.39, 0.29) is 0 Å². The van der Waals surface area contributed by atoms with Gasteiger partial charge in [-0.05, 0) is 36.3 Å². The van der Waals surface area contributed by atoms with Crippen molar-refractivity contribution in [2.75, 3.05) is 17.6 Å². The number of fused-ring (bicyclic) bond motifs is 1. The van der Waals surface area contributed by atoms with Gasteiger partial charge in [-0.3, -0.25) is 0 Å². The molecule has 0 unspecified atom stereocenters. The SMILES string of the molecule is CCSCc1noc(-c2cccc3c2CCCN3)n1. The Bertz CT molecular complexity index is 568. The van der Waals surface area contributed by atoms with Gasteiger partial charge in [0.25, 0.3) is 5.89 Å². The molecule has 0 atom stereocenters. The molecule has 1 aliphatic heterocycles. The van der Waals surface area contributed by atoms with E-state index < -0.39 is 0 Å². The van der Waals surface area contributed by atoms with E-state index in [9.17, 15) is 0 Å². The minimum absolute atomic E-state index is 0.646. The number of hydrogen-bond acceptors (Lipinski definition) is 5. The molecule has 0 spiro atoms. The first kappa shape index (κ1) is 12.5. The van der Waals surface area contributed by atoms with E-state index >= 15 is 0 Å². The van der Waals surface area contributed by atoms with Gasteiger partial charge in [0.2, 0.25) is 0 Å². The van der Waals surface area contributed by atoms with Gasteiger partial charge in [-0.2, -0.15) is 16.7 Å². The first-order valence-electron chi connectivity index (χ1n) is 6.65. The van der Waals surface area contributed by atoms with Gasteiger partial charge in [-0.25, -0.2) is 0 Å². The summed E-state index contributed by atoms with van der Waals surface area (Å²) in [6.07, 6.45) is 2.22. The fourth-order valence-corrected chi connectivity index (χ4v) is 2.83. The largest absolute Gasteiger partial charge is 0.385 e. The number of hydrogen-bond donors (Lipinski definition) is 1. The van der Waals surface area contributed by atoms with E-state index in [1.165, 1.54) is 11.3 Å². The van der Waals surface area contributed by atoms with Crippen molar-refractivity contribution in [2.24, 2.45) is 0 Å². The molecular formula is C14H17N3OS. The van der Waals surface area contributed by atoms with Crippen LogP contribution < -0.4 is 5.32 Å². The monoisotopic (exact) mass is 275 g/mol. The topological polar surface area (TPSA) is 51.0 Å². The highest BCUT2D eigenvalue weighted by Gasteiger charge is 2.17. The zero-order chi connectivity index (χ0) is 13.1. The molecule has 3 rings (SSSR count).